The van der Waals surface area contributed by atoms with Gasteiger partial charge in [-0.25, -0.2) is 0 Å². The van der Waals surface area contributed by atoms with Gasteiger partial charge in [0.15, 0.2) is 0 Å². The first-order chi connectivity index (χ1) is 15.0. The van der Waals surface area contributed by atoms with Crippen molar-refractivity contribution < 1.29 is 9.59 Å². The number of likely N-dealkylation sites (tertiary alicyclic amines) is 1. The molecular weight excluding hydrogens is 388 g/mol. The van der Waals surface area contributed by atoms with Gasteiger partial charge in [-0.05, 0) is 68.9 Å². The zero-order chi connectivity index (χ0) is 21.4. The zero-order valence-corrected chi connectivity index (χ0v) is 18.9. The van der Waals surface area contributed by atoms with Gasteiger partial charge < -0.3 is 9.80 Å². The number of carbonyl (C=O) groups excluding carboxylic acids is 2. The number of nitrogens with zero attached hydrogens (tertiary/aromatic N) is 4. The Labute approximate surface area is 186 Å². The fourth-order valence-electron chi connectivity index (χ4n) is 6.17. The van der Waals surface area contributed by atoms with Crippen molar-refractivity contribution in [3.8, 4) is 0 Å². The Morgan fingerprint density at radius 2 is 1.74 bits per heavy atom. The second-order valence-corrected chi connectivity index (χ2v) is 10.4. The van der Waals surface area contributed by atoms with Crippen molar-refractivity contribution in [2.24, 2.45) is 11.3 Å². The minimum Gasteiger partial charge on any atom is -0.341 e. The number of hydrogen-bond donors (Lipinski definition) is 0. The van der Waals surface area contributed by atoms with E-state index in [1.165, 1.54) is 19.3 Å². The fourth-order valence-corrected chi connectivity index (χ4v) is 6.17. The molecule has 1 aromatic heterocycles. The molecule has 168 valence electrons. The maximum atomic E-state index is 13.2. The highest BCUT2D eigenvalue weighted by molar-refractivity contribution is 5.95. The maximum Gasteiger partial charge on any atom is 0.254 e. The van der Waals surface area contributed by atoms with E-state index in [1.807, 2.05) is 17.9 Å². The van der Waals surface area contributed by atoms with E-state index in [2.05, 4.69) is 14.8 Å². The molecule has 0 atom stereocenters. The molecule has 0 unspecified atom stereocenters. The molecule has 6 heteroatoms. The number of hydrogen-bond acceptors (Lipinski definition) is 4. The first-order valence-electron chi connectivity index (χ1n) is 12.3. The van der Waals surface area contributed by atoms with Gasteiger partial charge in [0.2, 0.25) is 5.91 Å². The summed E-state index contributed by atoms with van der Waals surface area (Å²) in [6, 6.07) is 2.61. The van der Waals surface area contributed by atoms with E-state index in [1.54, 1.807) is 12.4 Å². The van der Waals surface area contributed by atoms with Gasteiger partial charge in [0.05, 0.1) is 0 Å². The van der Waals surface area contributed by atoms with Crippen LogP contribution in [0.2, 0.25) is 0 Å². The largest absolute Gasteiger partial charge is 0.341 e. The molecule has 5 rings (SSSR count). The molecule has 2 saturated heterocycles. The Kier molecular flexibility index (Phi) is 5.76. The predicted molar refractivity (Wildman–Crippen MR) is 120 cm³/mol. The third-order valence-corrected chi connectivity index (χ3v) is 8.50. The normalized spacial score (nSPS) is 25.1. The molecule has 1 spiro atoms. The summed E-state index contributed by atoms with van der Waals surface area (Å²) in [5.41, 5.74) is 1.99. The molecule has 0 aromatic carbocycles. The van der Waals surface area contributed by atoms with Crippen molar-refractivity contribution in [3.05, 3.63) is 29.6 Å². The van der Waals surface area contributed by atoms with Crippen LogP contribution in [-0.4, -0.2) is 76.8 Å². The molecule has 0 radical (unpaired) electrons. The van der Waals surface area contributed by atoms with E-state index in [9.17, 15) is 9.59 Å². The van der Waals surface area contributed by atoms with E-state index in [-0.39, 0.29) is 17.2 Å². The van der Waals surface area contributed by atoms with Crippen LogP contribution in [0.15, 0.2) is 18.5 Å². The van der Waals surface area contributed by atoms with Crippen molar-refractivity contribution in [2.75, 3.05) is 39.3 Å². The standard InChI is InChI=1S/C25H36N4O2/c1-19-18-26-9-6-22(19)24(31)29-12-7-25(8-13-29)16-20(17-25)23(30)28-11-3-10-27(14-15-28)21-4-2-5-21/h6,9,18,20-21H,2-5,7-8,10-17H2,1H3. The molecule has 1 aromatic rings. The Hall–Kier alpha value is -1.95. The van der Waals surface area contributed by atoms with Crippen LogP contribution in [0.4, 0.5) is 0 Å². The molecule has 2 amide bonds. The second kappa shape index (κ2) is 8.53. The number of piperidine rings is 1. The highest BCUT2D eigenvalue weighted by Crippen LogP contribution is 2.53. The summed E-state index contributed by atoms with van der Waals surface area (Å²) in [5.74, 6) is 0.731. The SMILES string of the molecule is Cc1cnccc1C(=O)N1CCC2(CC1)CC(C(=O)N1CCCN(C3CCC3)CC1)C2. The van der Waals surface area contributed by atoms with Gasteiger partial charge in [0.1, 0.15) is 0 Å². The number of aryl methyl sites for hydroxylation is 1. The van der Waals surface area contributed by atoms with Crippen LogP contribution in [0.5, 0.6) is 0 Å². The molecule has 31 heavy (non-hydrogen) atoms. The van der Waals surface area contributed by atoms with E-state index in [0.717, 1.165) is 88.5 Å². The number of aromatic nitrogens is 1. The zero-order valence-electron chi connectivity index (χ0n) is 18.9. The molecule has 0 bridgehead atoms. The van der Waals surface area contributed by atoms with Crippen molar-refractivity contribution >= 4 is 11.8 Å². The van der Waals surface area contributed by atoms with Crippen LogP contribution in [0, 0.1) is 18.3 Å². The van der Waals surface area contributed by atoms with Crippen LogP contribution in [0.1, 0.15) is 67.3 Å². The van der Waals surface area contributed by atoms with Gasteiger partial charge >= 0.3 is 0 Å². The summed E-state index contributed by atoms with van der Waals surface area (Å²) in [6.45, 7) is 7.61. The molecule has 2 aliphatic heterocycles. The average molecular weight is 425 g/mol. The lowest BCUT2D eigenvalue weighted by Gasteiger charge is -2.52. The summed E-state index contributed by atoms with van der Waals surface area (Å²) in [7, 11) is 0. The van der Waals surface area contributed by atoms with E-state index in [0.29, 0.717) is 5.91 Å². The molecular formula is C25H36N4O2. The van der Waals surface area contributed by atoms with Crippen molar-refractivity contribution in [1.82, 2.24) is 19.7 Å². The molecule has 0 N–H and O–H groups in total. The average Bonchev–Trinajstić information content (AvgIpc) is 2.96. The third-order valence-electron chi connectivity index (χ3n) is 8.50. The van der Waals surface area contributed by atoms with Gasteiger partial charge in [-0.3, -0.25) is 19.5 Å². The first-order valence-corrected chi connectivity index (χ1v) is 12.3. The van der Waals surface area contributed by atoms with E-state index < -0.39 is 0 Å². The number of pyridine rings is 1. The number of amides is 2. The summed E-state index contributed by atoms with van der Waals surface area (Å²) in [6.07, 6.45) is 12.7. The summed E-state index contributed by atoms with van der Waals surface area (Å²) < 4.78 is 0. The number of carbonyl (C=O) groups is 2. The molecule has 3 heterocycles. The first kappa shape index (κ1) is 20.9. The molecule has 4 fully saturated rings. The topological polar surface area (TPSA) is 56.8 Å². The Morgan fingerprint density at radius 1 is 0.968 bits per heavy atom. The lowest BCUT2D eigenvalue weighted by atomic mass is 9.57. The quantitative estimate of drug-likeness (QED) is 0.748. The lowest BCUT2D eigenvalue weighted by Crippen LogP contribution is -2.53. The van der Waals surface area contributed by atoms with Crippen LogP contribution in [0.25, 0.3) is 0 Å². The summed E-state index contributed by atoms with van der Waals surface area (Å²) in [5, 5.41) is 0. The molecule has 4 aliphatic rings. The smallest absolute Gasteiger partial charge is 0.254 e. The third kappa shape index (κ3) is 4.11. The monoisotopic (exact) mass is 424 g/mol. The van der Waals surface area contributed by atoms with Crippen LogP contribution in [0.3, 0.4) is 0 Å². The molecule has 2 aliphatic carbocycles. The van der Waals surface area contributed by atoms with Crippen molar-refractivity contribution in [3.63, 3.8) is 0 Å². The second-order valence-electron chi connectivity index (χ2n) is 10.4. The number of rotatable bonds is 3. The van der Waals surface area contributed by atoms with Gasteiger partial charge in [-0.15, -0.1) is 0 Å². The van der Waals surface area contributed by atoms with Gasteiger partial charge in [0.25, 0.3) is 5.91 Å². The summed E-state index contributed by atoms with van der Waals surface area (Å²) >= 11 is 0. The Morgan fingerprint density at radius 3 is 2.42 bits per heavy atom. The molecule has 6 nitrogen and oxygen atoms in total. The summed E-state index contributed by atoms with van der Waals surface area (Å²) in [4.78, 5) is 36.9. The lowest BCUT2D eigenvalue weighted by molar-refractivity contribution is -0.145. The van der Waals surface area contributed by atoms with E-state index in [4.69, 9.17) is 0 Å². The highest BCUT2D eigenvalue weighted by Gasteiger charge is 2.50. The Bertz CT molecular complexity index is 821. The van der Waals surface area contributed by atoms with Gasteiger partial charge in [0, 0.05) is 69.2 Å². The fraction of sp³-hybridized carbons (Fsp3) is 0.720. The maximum absolute atomic E-state index is 13.2. The minimum atomic E-state index is 0.127. The predicted octanol–water partition coefficient (Wildman–Crippen LogP) is 3.11. The van der Waals surface area contributed by atoms with E-state index >= 15 is 0 Å². The molecule has 2 saturated carbocycles. The van der Waals surface area contributed by atoms with Gasteiger partial charge in [-0.2, -0.15) is 0 Å². The minimum absolute atomic E-state index is 0.127. The van der Waals surface area contributed by atoms with Crippen LogP contribution < -0.4 is 0 Å². The Balaban J connectivity index is 1.10. The van der Waals surface area contributed by atoms with Gasteiger partial charge in [-0.1, -0.05) is 6.42 Å². The van der Waals surface area contributed by atoms with Crippen molar-refractivity contribution in [1.29, 1.82) is 0 Å². The van der Waals surface area contributed by atoms with Crippen LogP contribution >= 0.6 is 0 Å². The van der Waals surface area contributed by atoms with Crippen LogP contribution in [-0.2, 0) is 4.79 Å². The van der Waals surface area contributed by atoms with Crippen molar-refractivity contribution in [2.45, 2.75) is 64.3 Å². The highest BCUT2D eigenvalue weighted by atomic mass is 16.2.